The van der Waals surface area contributed by atoms with E-state index >= 15 is 0 Å². The molecule has 23 heavy (non-hydrogen) atoms. The summed E-state index contributed by atoms with van der Waals surface area (Å²) in [5.74, 6) is -0.381. The summed E-state index contributed by atoms with van der Waals surface area (Å²) in [5, 5.41) is 16.6. The summed E-state index contributed by atoms with van der Waals surface area (Å²) in [6.07, 6.45) is 1.18. The maximum absolute atomic E-state index is 14.3. The molecule has 1 N–H and O–H groups in total. The van der Waals surface area contributed by atoms with Crippen molar-refractivity contribution < 1.29 is 4.39 Å². The highest BCUT2D eigenvalue weighted by Gasteiger charge is 2.34. The first-order chi connectivity index (χ1) is 11.2. The van der Waals surface area contributed by atoms with Crippen molar-refractivity contribution >= 4 is 11.2 Å². The molecule has 0 saturated carbocycles. The van der Waals surface area contributed by atoms with Gasteiger partial charge in [-0.1, -0.05) is 0 Å². The van der Waals surface area contributed by atoms with Crippen LogP contribution >= 0.6 is 0 Å². The van der Waals surface area contributed by atoms with Gasteiger partial charge in [-0.05, 0) is 19.1 Å². The predicted octanol–water partition coefficient (Wildman–Crippen LogP) is 0.827. The Hall–Kier alpha value is -2.17. The summed E-state index contributed by atoms with van der Waals surface area (Å²) in [6.45, 7) is 6.96. The van der Waals surface area contributed by atoms with Crippen LogP contribution < -0.4 is 10.2 Å². The van der Waals surface area contributed by atoms with Crippen LogP contribution in [0.15, 0.2) is 18.3 Å². The molecular formula is C16H19FN6. The standard InChI is InChI=1S/C16H19FN6/c1-11-9-21(10-13-7-19-4-5-22(11)13)15-3-2-12(6-18)23-16(15)14(17)8-20-23/h2-3,8,11,13,19H,4-5,7,9-10H2,1H3. The molecule has 120 valence electrons. The molecule has 0 bridgehead atoms. The van der Waals surface area contributed by atoms with Crippen LogP contribution in [0.1, 0.15) is 12.6 Å². The fourth-order valence-corrected chi connectivity index (χ4v) is 3.86. The molecule has 2 unspecified atom stereocenters. The van der Waals surface area contributed by atoms with Crippen LogP contribution in [0.3, 0.4) is 0 Å². The number of hydrogen-bond acceptors (Lipinski definition) is 5. The molecule has 4 heterocycles. The first-order valence-electron chi connectivity index (χ1n) is 7.97. The lowest BCUT2D eigenvalue weighted by Crippen LogP contribution is -2.64. The number of aromatic nitrogens is 2. The molecule has 2 aromatic rings. The van der Waals surface area contributed by atoms with Crippen molar-refractivity contribution in [1.29, 1.82) is 5.26 Å². The maximum Gasteiger partial charge on any atom is 0.171 e. The summed E-state index contributed by atoms with van der Waals surface area (Å²) < 4.78 is 15.7. The van der Waals surface area contributed by atoms with E-state index in [4.69, 9.17) is 0 Å². The minimum Gasteiger partial charge on any atom is -0.367 e. The number of anilines is 1. The number of nitriles is 1. The van der Waals surface area contributed by atoms with Crippen molar-refractivity contribution in [2.45, 2.75) is 19.0 Å². The Morgan fingerprint density at radius 1 is 1.39 bits per heavy atom. The fraction of sp³-hybridized carbons (Fsp3) is 0.500. The van der Waals surface area contributed by atoms with Gasteiger partial charge in [0, 0.05) is 44.8 Å². The van der Waals surface area contributed by atoms with Crippen molar-refractivity contribution in [1.82, 2.24) is 19.8 Å². The third-order valence-electron chi connectivity index (χ3n) is 4.93. The summed E-state index contributed by atoms with van der Waals surface area (Å²) in [4.78, 5) is 4.75. The first kappa shape index (κ1) is 14.4. The number of fused-ring (bicyclic) bond motifs is 2. The molecule has 4 rings (SSSR count). The van der Waals surface area contributed by atoms with E-state index in [1.807, 2.05) is 6.07 Å². The summed E-state index contributed by atoms with van der Waals surface area (Å²) in [5.41, 5.74) is 1.56. The average molecular weight is 314 g/mol. The predicted molar refractivity (Wildman–Crippen MR) is 84.9 cm³/mol. The van der Waals surface area contributed by atoms with Crippen molar-refractivity contribution in [3.63, 3.8) is 0 Å². The van der Waals surface area contributed by atoms with E-state index in [-0.39, 0.29) is 5.82 Å². The van der Waals surface area contributed by atoms with Gasteiger partial charge in [0.2, 0.25) is 0 Å². The molecule has 0 spiro atoms. The van der Waals surface area contributed by atoms with Crippen LogP contribution in [-0.4, -0.2) is 59.3 Å². The number of piperazine rings is 2. The highest BCUT2D eigenvalue weighted by molar-refractivity contribution is 5.74. The normalized spacial score (nSPS) is 25.3. The third-order valence-corrected chi connectivity index (χ3v) is 4.93. The van der Waals surface area contributed by atoms with Gasteiger partial charge >= 0.3 is 0 Å². The van der Waals surface area contributed by atoms with Crippen LogP contribution in [-0.2, 0) is 0 Å². The quantitative estimate of drug-likeness (QED) is 0.845. The van der Waals surface area contributed by atoms with E-state index in [1.54, 1.807) is 6.07 Å². The van der Waals surface area contributed by atoms with E-state index in [0.717, 1.165) is 38.4 Å². The summed E-state index contributed by atoms with van der Waals surface area (Å²) in [7, 11) is 0. The van der Waals surface area contributed by atoms with Crippen LogP contribution in [0.25, 0.3) is 5.52 Å². The molecular weight excluding hydrogens is 295 g/mol. The lowest BCUT2D eigenvalue weighted by molar-refractivity contribution is 0.0971. The Bertz CT molecular complexity index is 779. The van der Waals surface area contributed by atoms with E-state index < -0.39 is 0 Å². The monoisotopic (exact) mass is 314 g/mol. The SMILES string of the molecule is CC1CN(c2ccc(C#N)n3ncc(F)c23)CC2CNCCN12. The van der Waals surface area contributed by atoms with Gasteiger partial charge in [-0.15, -0.1) is 0 Å². The lowest BCUT2D eigenvalue weighted by Gasteiger charge is -2.49. The second-order valence-electron chi connectivity index (χ2n) is 6.32. The fourth-order valence-electron chi connectivity index (χ4n) is 3.86. The Labute approximate surface area is 134 Å². The van der Waals surface area contributed by atoms with Gasteiger partial charge in [-0.3, -0.25) is 4.90 Å². The number of halogens is 1. The topological polar surface area (TPSA) is 59.6 Å². The number of pyridine rings is 1. The molecule has 2 saturated heterocycles. The minimum atomic E-state index is -0.381. The van der Waals surface area contributed by atoms with Crippen LogP contribution in [0.5, 0.6) is 0 Å². The Balaban J connectivity index is 1.75. The molecule has 0 amide bonds. The molecule has 2 fully saturated rings. The van der Waals surface area contributed by atoms with E-state index in [1.165, 1.54) is 10.7 Å². The Kier molecular flexibility index (Phi) is 3.43. The van der Waals surface area contributed by atoms with Gasteiger partial charge in [0.25, 0.3) is 0 Å². The third kappa shape index (κ3) is 2.26. The molecule has 6 nitrogen and oxygen atoms in total. The second kappa shape index (κ2) is 5.48. The van der Waals surface area contributed by atoms with E-state index in [0.29, 0.717) is 23.3 Å². The smallest absolute Gasteiger partial charge is 0.171 e. The second-order valence-corrected chi connectivity index (χ2v) is 6.32. The number of nitrogens with zero attached hydrogens (tertiary/aromatic N) is 5. The molecule has 0 radical (unpaired) electrons. The Morgan fingerprint density at radius 2 is 2.26 bits per heavy atom. The molecule has 0 aromatic carbocycles. The minimum absolute atomic E-state index is 0.346. The van der Waals surface area contributed by atoms with Gasteiger partial charge in [-0.25, -0.2) is 8.91 Å². The summed E-state index contributed by atoms with van der Waals surface area (Å²) >= 11 is 0. The number of nitrogens with one attached hydrogen (secondary N) is 1. The molecule has 2 aliphatic heterocycles. The highest BCUT2D eigenvalue weighted by atomic mass is 19.1. The van der Waals surface area contributed by atoms with E-state index in [9.17, 15) is 9.65 Å². The zero-order valence-electron chi connectivity index (χ0n) is 13.0. The van der Waals surface area contributed by atoms with Gasteiger partial charge in [0.15, 0.2) is 5.82 Å². The lowest BCUT2D eigenvalue weighted by atomic mass is 10.0. The van der Waals surface area contributed by atoms with Crippen molar-refractivity contribution in [3.8, 4) is 6.07 Å². The molecule has 2 atom stereocenters. The van der Waals surface area contributed by atoms with Gasteiger partial charge in [-0.2, -0.15) is 10.4 Å². The number of hydrogen-bond donors (Lipinski definition) is 1. The van der Waals surface area contributed by atoms with Gasteiger partial charge in [0.1, 0.15) is 17.3 Å². The van der Waals surface area contributed by atoms with Crippen LogP contribution in [0.2, 0.25) is 0 Å². The maximum atomic E-state index is 14.3. The van der Waals surface area contributed by atoms with Crippen LogP contribution in [0, 0.1) is 17.1 Å². The average Bonchev–Trinajstić information content (AvgIpc) is 2.96. The first-order valence-corrected chi connectivity index (χ1v) is 7.97. The number of rotatable bonds is 1. The molecule has 2 aromatic heterocycles. The molecule has 7 heteroatoms. The van der Waals surface area contributed by atoms with Gasteiger partial charge < -0.3 is 10.2 Å². The Morgan fingerprint density at radius 3 is 3.09 bits per heavy atom. The van der Waals surface area contributed by atoms with Gasteiger partial charge in [0.05, 0.1) is 11.9 Å². The van der Waals surface area contributed by atoms with E-state index in [2.05, 4.69) is 33.2 Å². The largest absolute Gasteiger partial charge is 0.367 e. The summed E-state index contributed by atoms with van der Waals surface area (Å²) in [6, 6.07) is 6.46. The zero-order valence-corrected chi connectivity index (χ0v) is 13.0. The zero-order chi connectivity index (χ0) is 16.0. The van der Waals surface area contributed by atoms with Crippen LogP contribution in [0.4, 0.5) is 10.1 Å². The van der Waals surface area contributed by atoms with Crippen molar-refractivity contribution in [2.75, 3.05) is 37.6 Å². The molecule has 2 aliphatic rings. The highest BCUT2D eigenvalue weighted by Crippen LogP contribution is 2.29. The van der Waals surface area contributed by atoms with Crippen molar-refractivity contribution in [2.24, 2.45) is 0 Å². The molecule has 0 aliphatic carbocycles. The van der Waals surface area contributed by atoms with Crippen molar-refractivity contribution in [3.05, 3.63) is 29.8 Å².